The lowest BCUT2D eigenvalue weighted by Crippen LogP contribution is -2.21. The minimum Gasteiger partial charge on any atom is -0.478 e. The summed E-state index contributed by atoms with van der Waals surface area (Å²) in [7, 11) is 0. The van der Waals surface area contributed by atoms with E-state index in [9.17, 15) is 29.4 Å². The maximum absolute atomic E-state index is 13.6. The number of aryl methyl sites for hydroxylation is 4. The molecule has 0 aliphatic heterocycles. The van der Waals surface area contributed by atoms with Crippen molar-refractivity contribution in [3.8, 4) is 0 Å². The van der Waals surface area contributed by atoms with Crippen LogP contribution in [0.4, 0.5) is 0 Å². The molecule has 0 bridgehead atoms. The van der Waals surface area contributed by atoms with E-state index in [1.165, 1.54) is 0 Å². The van der Waals surface area contributed by atoms with Gasteiger partial charge in [0.05, 0.1) is 11.1 Å². The maximum atomic E-state index is 13.6. The Morgan fingerprint density at radius 3 is 1.19 bits per heavy atom. The molecule has 3 aromatic carbocycles. The van der Waals surface area contributed by atoms with Gasteiger partial charge in [0, 0.05) is 22.3 Å². The molecular weight excluding hydrogens is 408 g/mol. The van der Waals surface area contributed by atoms with Gasteiger partial charge in [-0.1, -0.05) is 35.4 Å². The van der Waals surface area contributed by atoms with Gasteiger partial charge < -0.3 is 10.2 Å². The van der Waals surface area contributed by atoms with Crippen LogP contribution in [0.3, 0.4) is 0 Å². The first-order valence-electron chi connectivity index (χ1n) is 9.90. The first-order chi connectivity index (χ1) is 15.0. The zero-order chi connectivity index (χ0) is 23.7. The molecule has 6 nitrogen and oxygen atoms in total. The summed E-state index contributed by atoms with van der Waals surface area (Å²) in [6.07, 6.45) is 0. The van der Waals surface area contributed by atoms with Crippen LogP contribution >= 0.6 is 0 Å². The van der Waals surface area contributed by atoms with Crippen molar-refractivity contribution in [2.75, 3.05) is 0 Å². The molecule has 32 heavy (non-hydrogen) atoms. The number of carbonyl (C=O) groups excluding carboxylic acids is 2. The fraction of sp³-hybridized carbons (Fsp3) is 0.154. The van der Waals surface area contributed by atoms with Gasteiger partial charge in [-0.25, -0.2) is 9.59 Å². The standard InChI is InChI=1S/C26H22O6/c1-13-5-7-15(3)19(11-13)23(27)21-17(25(29)30)9-10-18(26(31)32)22(21)24(28)20-12-14(2)6-8-16(20)4/h5-12H,1-4H3,(H,29,30)(H,31,32). The number of hydrogen-bond acceptors (Lipinski definition) is 4. The van der Waals surface area contributed by atoms with Crippen LogP contribution in [0.25, 0.3) is 0 Å². The maximum Gasteiger partial charge on any atom is 0.336 e. The van der Waals surface area contributed by atoms with E-state index in [2.05, 4.69) is 0 Å². The second kappa shape index (κ2) is 8.59. The van der Waals surface area contributed by atoms with E-state index in [1.54, 1.807) is 64.1 Å². The molecule has 162 valence electrons. The van der Waals surface area contributed by atoms with E-state index in [0.29, 0.717) is 11.1 Å². The second-order valence-corrected chi connectivity index (χ2v) is 7.82. The number of carboxylic acid groups (broad SMARTS) is 2. The lowest BCUT2D eigenvalue weighted by Gasteiger charge is -2.16. The van der Waals surface area contributed by atoms with Crippen LogP contribution in [-0.4, -0.2) is 33.7 Å². The summed E-state index contributed by atoms with van der Waals surface area (Å²) >= 11 is 0. The zero-order valence-corrected chi connectivity index (χ0v) is 18.1. The Morgan fingerprint density at radius 2 is 0.875 bits per heavy atom. The van der Waals surface area contributed by atoms with Crippen molar-refractivity contribution in [1.29, 1.82) is 0 Å². The SMILES string of the molecule is Cc1ccc(C)c(C(=O)c2c(C(=O)O)ccc(C(=O)O)c2C(=O)c2cc(C)ccc2C)c1. The number of aromatic carboxylic acids is 2. The van der Waals surface area contributed by atoms with Gasteiger partial charge in [0.15, 0.2) is 11.6 Å². The Bertz CT molecular complexity index is 1200. The Kier molecular flexibility index (Phi) is 6.07. The van der Waals surface area contributed by atoms with Crippen LogP contribution < -0.4 is 0 Å². The average Bonchev–Trinajstić information content (AvgIpc) is 2.74. The van der Waals surface area contributed by atoms with Crippen LogP contribution in [0.1, 0.15) is 74.8 Å². The van der Waals surface area contributed by atoms with Gasteiger partial charge in [0.25, 0.3) is 0 Å². The van der Waals surface area contributed by atoms with E-state index >= 15 is 0 Å². The van der Waals surface area contributed by atoms with Gasteiger partial charge >= 0.3 is 11.9 Å². The number of rotatable bonds is 6. The highest BCUT2D eigenvalue weighted by Gasteiger charge is 2.31. The molecular formula is C26H22O6. The molecule has 0 fully saturated rings. The van der Waals surface area contributed by atoms with Crippen molar-refractivity contribution < 1.29 is 29.4 Å². The quantitative estimate of drug-likeness (QED) is 0.545. The molecule has 0 saturated carbocycles. The monoisotopic (exact) mass is 430 g/mol. The minimum atomic E-state index is -1.43. The third kappa shape index (κ3) is 4.07. The topological polar surface area (TPSA) is 109 Å². The normalized spacial score (nSPS) is 10.6. The molecule has 0 atom stereocenters. The van der Waals surface area contributed by atoms with Crippen molar-refractivity contribution in [1.82, 2.24) is 0 Å². The largest absolute Gasteiger partial charge is 0.478 e. The van der Waals surface area contributed by atoms with Crippen molar-refractivity contribution >= 4 is 23.5 Å². The fourth-order valence-corrected chi connectivity index (χ4v) is 3.66. The molecule has 0 radical (unpaired) electrons. The fourth-order valence-electron chi connectivity index (χ4n) is 3.66. The number of ketones is 2. The lowest BCUT2D eigenvalue weighted by molar-refractivity contribution is 0.0677. The van der Waals surface area contributed by atoms with E-state index in [1.807, 2.05) is 0 Å². The summed E-state index contributed by atoms with van der Waals surface area (Å²) in [4.78, 5) is 51.3. The van der Waals surface area contributed by atoms with Crippen molar-refractivity contribution in [2.24, 2.45) is 0 Å². The van der Waals surface area contributed by atoms with E-state index in [0.717, 1.165) is 23.3 Å². The number of benzene rings is 3. The average molecular weight is 430 g/mol. The molecule has 0 spiro atoms. The molecule has 0 saturated heterocycles. The van der Waals surface area contributed by atoms with Crippen LogP contribution in [0.5, 0.6) is 0 Å². The van der Waals surface area contributed by atoms with Gasteiger partial charge in [0.1, 0.15) is 0 Å². The number of hydrogen-bond donors (Lipinski definition) is 2. The Labute approximate surface area is 185 Å². The highest BCUT2D eigenvalue weighted by molar-refractivity contribution is 6.26. The Balaban J connectivity index is 2.43. The van der Waals surface area contributed by atoms with E-state index < -0.39 is 45.8 Å². The van der Waals surface area contributed by atoms with Crippen LogP contribution in [0.2, 0.25) is 0 Å². The molecule has 0 aromatic heterocycles. The third-order valence-electron chi connectivity index (χ3n) is 5.40. The van der Waals surface area contributed by atoms with Gasteiger partial charge in [-0.2, -0.15) is 0 Å². The molecule has 2 N–H and O–H groups in total. The highest BCUT2D eigenvalue weighted by atomic mass is 16.4. The van der Waals surface area contributed by atoms with E-state index in [-0.39, 0.29) is 11.1 Å². The summed E-state index contributed by atoms with van der Waals surface area (Å²) in [5.41, 5.74) is 1.46. The van der Waals surface area contributed by atoms with Crippen molar-refractivity contribution in [3.05, 3.63) is 104 Å². The van der Waals surface area contributed by atoms with Gasteiger partial charge in [-0.05, 0) is 63.1 Å². The minimum absolute atomic E-state index is 0.213. The third-order valence-corrected chi connectivity index (χ3v) is 5.40. The van der Waals surface area contributed by atoms with E-state index in [4.69, 9.17) is 0 Å². The van der Waals surface area contributed by atoms with Crippen LogP contribution in [-0.2, 0) is 0 Å². The Hall–Kier alpha value is -4.06. The van der Waals surface area contributed by atoms with Gasteiger partial charge in [-0.15, -0.1) is 0 Å². The summed E-state index contributed by atoms with van der Waals surface area (Å²) in [6.45, 7) is 6.95. The zero-order valence-electron chi connectivity index (χ0n) is 18.1. The summed E-state index contributed by atoms with van der Waals surface area (Å²) in [6, 6.07) is 12.4. The van der Waals surface area contributed by atoms with Crippen molar-refractivity contribution in [3.63, 3.8) is 0 Å². The van der Waals surface area contributed by atoms with Crippen molar-refractivity contribution in [2.45, 2.75) is 27.7 Å². The smallest absolute Gasteiger partial charge is 0.336 e. The van der Waals surface area contributed by atoms with Crippen LogP contribution in [0, 0.1) is 27.7 Å². The number of carboxylic acids is 2. The predicted octanol–water partition coefficient (Wildman–Crippen LogP) is 4.78. The predicted molar refractivity (Wildman–Crippen MR) is 119 cm³/mol. The van der Waals surface area contributed by atoms with Gasteiger partial charge in [-0.3, -0.25) is 9.59 Å². The Morgan fingerprint density at radius 1 is 0.531 bits per heavy atom. The summed E-state index contributed by atoms with van der Waals surface area (Å²) in [5.74, 6) is -4.27. The summed E-state index contributed by atoms with van der Waals surface area (Å²) < 4.78 is 0. The summed E-state index contributed by atoms with van der Waals surface area (Å²) in [5, 5.41) is 19.6. The molecule has 0 unspecified atom stereocenters. The molecule has 0 amide bonds. The molecule has 3 rings (SSSR count). The molecule has 0 heterocycles. The molecule has 3 aromatic rings. The first kappa shape index (κ1) is 22.6. The number of carbonyl (C=O) groups is 4. The second-order valence-electron chi connectivity index (χ2n) is 7.82. The molecule has 6 heteroatoms. The molecule has 0 aliphatic rings. The van der Waals surface area contributed by atoms with Crippen LogP contribution in [0.15, 0.2) is 48.5 Å². The lowest BCUT2D eigenvalue weighted by atomic mass is 9.84. The molecule has 0 aliphatic carbocycles. The first-order valence-corrected chi connectivity index (χ1v) is 9.90. The highest BCUT2D eigenvalue weighted by Crippen LogP contribution is 2.28. The van der Waals surface area contributed by atoms with Gasteiger partial charge in [0.2, 0.25) is 0 Å².